The molecule has 2 aromatic heterocycles. The van der Waals surface area contributed by atoms with Crippen molar-refractivity contribution in [1.29, 1.82) is 0 Å². The van der Waals surface area contributed by atoms with Gasteiger partial charge in [-0.3, -0.25) is 0 Å². The Bertz CT molecular complexity index is 8030. The Hall–Kier alpha value is -17.2. The number of hydrogen-bond donors (Lipinski definition) is 0. The van der Waals surface area contributed by atoms with Gasteiger partial charge in [0.15, 0.2) is 57.6 Å². The van der Waals surface area contributed by atoms with Gasteiger partial charge in [-0.05, 0) is 195 Å². The van der Waals surface area contributed by atoms with Crippen LogP contribution >= 0.6 is 0 Å². The highest BCUT2D eigenvalue weighted by Gasteiger charge is 2.50. The van der Waals surface area contributed by atoms with Gasteiger partial charge in [0.05, 0.1) is 33.6 Å². The van der Waals surface area contributed by atoms with Gasteiger partial charge in [0.1, 0.15) is 0 Å². The maximum atomic E-state index is 7.32. The van der Waals surface area contributed by atoms with Crippen LogP contribution in [0.2, 0.25) is 0 Å². The summed E-state index contributed by atoms with van der Waals surface area (Å²) >= 11 is 0. The highest BCUT2D eigenvalue weighted by Crippen LogP contribution is 2.65. The summed E-state index contributed by atoms with van der Waals surface area (Å²) in [6, 6.07) is 163. The summed E-state index contributed by atoms with van der Waals surface area (Å²) in [7, 11) is 0. The second kappa shape index (κ2) is 30.9. The molecule has 2 aliphatic carbocycles. The maximum Gasteiger partial charge on any atom is 0.178 e. The van der Waals surface area contributed by atoms with E-state index in [0.29, 0.717) is 57.6 Å². The SMILES string of the molecule is c1ccc(-c2cc(-c3cccc(-c4ccc5c(c4)Oc4c(ccc6c4-c4ccccc4C6(c4ccccc4)c4ccc(-c6ccc(-c7cccc(-c8cc(-c9cccc(-c%10ccc%11c(c%10)Oc%10c(ccc%12c%10-c%10ccccc%10C%12(c%10ccccc%10)c%10ccccc%10)O%11)c9)nc(-c9ccccc9)n8)c7)cc6)cc4)O5)c3)nc(-c3ccc(-c4ccccc4)c4ccccc34)n2)cc1. The van der Waals surface area contributed by atoms with Gasteiger partial charge in [0, 0.05) is 44.5 Å². The van der Waals surface area contributed by atoms with Crippen LogP contribution in [0, 0.1) is 0 Å². The number of fused-ring (bicyclic) bond motifs is 13. The lowest BCUT2D eigenvalue weighted by Crippen LogP contribution is -2.28. The minimum atomic E-state index is -0.723. The molecule has 1 unspecified atom stereocenters. The molecule has 2 aliphatic heterocycles. The summed E-state index contributed by atoms with van der Waals surface area (Å²) in [5, 5.41) is 2.23. The van der Waals surface area contributed by atoms with Crippen molar-refractivity contribution in [3.63, 3.8) is 0 Å². The van der Waals surface area contributed by atoms with Crippen molar-refractivity contribution in [2.24, 2.45) is 0 Å². The van der Waals surface area contributed by atoms with Crippen LogP contribution in [0.15, 0.2) is 461 Å². The van der Waals surface area contributed by atoms with Crippen LogP contribution in [0.1, 0.15) is 44.5 Å². The molecule has 8 nitrogen and oxygen atoms in total. The van der Waals surface area contributed by atoms with Gasteiger partial charge in [-0.15, -0.1) is 0 Å². The van der Waals surface area contributed by atoms with Crippen molar-refractivity contribution in [3.8, 4) is 192 Å². The minimum Gasteiger partial charge on any atom is -0.449 e. The van der Waals surface area contributed by atoms with Crippen LogP contribution in [-0.4, -0.2) is 19.9 Å². The Morgan fingerprint density at radius 3 is 0.938 bits per heavy atom. The zero-order chi connectivity index (χ0) is 85.8. The Morgan fingerprint density at radius 2 is 0.477 bits per heavy atom. The van der Waals surface area contributed by atoms with Crippen LogP contribution in [0.4, 0.5) is 0 Å². The van der Waals surface area contributed by atoms with E-state index in [1.54, 1.807) is 0 Å². The number of rotatable bonds is 15. The molecule has 25 rings (SSSR count). The molecule has 1 atom stereocenters. The summed E-state index contributed by atoms with van der Waals surface area (Å²) in [6.45, 7) is 0. The van der Waals surface area contributed by atoms with Gasteiger partial charge in [0.2, 0.25) is 0 Å². The molecule has 0 spiro atoms. The average Bonchev–Trinajstić information content (AvgIpc) is 1.53. The minimum absolute atomic E-state index is 0.583. The van der Waals surface area contributed by atoms with Crippen LogP contribution in [0.5, 0.6) is 46.0 Å². The summed E-state index contributed by atoms with van der Waals surface area (Å²) in [5.41, 5.74) is 31.9. The fourth-order valence-corrected chi connectivity index (χ4v) is 20.4. The Balaban J connectivity index is 0.503. The van der Waals surface area contributed by atoms with Crippen molar-refractivity contribution in [2.45, 2.75) is 10.8 Å². The third-order valence-electron chi connectivity index (χ3n) is 26.4. The molecule has 21 aromatic rings. The van der Waals surface area contributed by atoms with Crippen molar-refractivity contribution in [2.75, 3.05) is 0 Å². The summed E-state index contributed by atoms with van der Waals surface area (Å²) in [6.07, 6.45) is 0. The van der Waals surface area contributed by atoms with E-state index < -0.39 is 10.8 Å². The van der Waals surface area contributed by atoms with Crippen LogP contribution < -0.4 is 18.9 Å². The van der Waals surface area contributed by atoms with Crippen molar-refractivity contribution >= 4 is 10.8 Å². The predicted octanol–water partition coefficient (Wildman–Crippen LogP) is 31.3. The number of ether oxygens (including phenoxy) is 4. The lowest BCUT2D eigenvalue weighted by molar-refractivity contribution is 0.360. The molecule has 0 saturated carbocycles. The Morgan fingerprint density at radius 1 is 0.162 bits per heavy atom. The third-order valence-corrected chi connectivity index (χ3v) is 26.4. The largest absolute Gasteiger partial charge is 0.449 e. The van der Waals surface area contributed by atoms with Crippen LogP contribution in [-0.2, 0) is 10.8 Å². The van der Waals surface area contributed by atoms with Gasteiger partial charge >= 0.3 is 0 Å². The molecule has 19 aromatic carbocycles. The molecule has 0 radical (unpaired) electrons. The second-order valence-corrected chi connectivity index (χ2v) is 33.7. The van der Waals surface area contributed by atoms with Crippen molar-refractivity contribution in [3.05, 3.63) is 506 Å². The van der Waals surface area contributed by atoms with E-state index in [-0.39, 0.29) is 0 Å². The van der Waals surface area contributed by atoms with Gasteiger partial charge in [0.25, 0.3) is 0 Å². The number of benzene rings is 19. The Kier molecular flexibility index (Phi) is 17.9. The first kappa shape index (κ1) is 75.3. The number of nitrogens with zero attached hydrogens (tertiary/aromatic N) is 4. The average molecular weight is 1660 g/mol. The molecule has 0 saturated heterocycles. The summed E-state index contributed by atoms with van der Waals surface area (Å²) < 4.78 is 28.2. The quantitative estimate of drug-likeness (QED) is 0.100. The molecule has 130 heavy (non-hydrogen) atoms. The molecular formula is C122H76N4O4. The van der Waals surface area contributed by atoms with Crippen LogP contribution in [0.25, 0.3) is 156 Å². The summed E-state index contributed by atoms with van der Waals surface area (Å²) in [5.74, 6) is 6.60. The first-order chi connectivity index (χ1) is 64.4. The molecule has 0 amide bonds. The lowest BCUT2D eigenvalue weighted by Gasteiger charge is -2.34. The zero-order valence-corrected chi connectivity index (χ0v) is 70.3. The van der Waals surface area contributed by atoms with Crippen molar-refractivity contribution in [1.82, 2.24) is 19.9 Å². The highest BCUT2D eigenvalue weighted by atomic mass is 16.6. The van der Waals surface area contributed by atoms with E-state index in [1.165, 1.54) is 22.3 Å². The third kappa shape index (κ3) is 12.5. The molecule has 4 aliphatic rings. The van der Waals surface area contributed by atoms with E-state index in [4.69, 9.17) is 38.9 Å². The first-order valence-electron chi connectivity index (χ1n) is 44.1. The monoisotopic (exact) mass is 1660 g/mol. The normalized spacial score (nSPS) is 13.7. The maximum absolute atomic E-state index is 7.32. The predicted molar refractivity (Wildman–Crippen MR) is 523 cm³/mol. The van der Waals surface area contributed by atoms with E-state index in [0.717, 1.165) is 167 Å². The van der Waals surface area contributed by atoms with Crippen molar-refractivity contribution < 1.29 is 18.9 Å². The number of hydrogen-bond acceptors (Lipinski definition) is 8. The first-order valence-corrected chi connectivity index (χ1v) is 44.1. The Labute approximate surface area is 752 Å². The molecule has 8 heteroatoms. The van der Waals surface area contributed by atoms with E-state index >= 15 is 0 Å². The highest BCUT2D eigenvalue weighted by molar-refractivity contribution is 6.05. The molecule has 0 fully saturated rings. The topological polar surface area (TPSA) is 88.5 Å². The van der Waals surface area contributed by atoms with Gasteiger partial charge in [-0.1, -0.05) is 388 Å². The number of aromatic nitrogens is 4. The smallest absolute Gasteiger partial charge is 0.178 e. The van der Waals surface area contributed by atoms with Gasteiger partial charge in [-0.25, -0.2) is 19.9 Å². The standard InChI is InChI=1S/C122H76N4O4/c1-7-28-80(29-8-1)95-62-63-98(97-47-20-19-46-96(95)97)120-125-105(81-30-9-2-10-31-81)75-108(126-120)90-39-27-36-85(72-90)87-59-67-110-114(74-87)130-118-112(128-110)69-65-104-116(118)100-49-22-24-51-102(100)122(104,93-44-17-6-18-45-93)94-60-56-78(57-61-94)77-52-54-79(55-53-77)83-34-25-37-88(70-83)106-76-107(124-119(123-106)82-32-11-3-12-33-82)89-38-26-35-84(71-89)86-58-66-109-113(73-86)129-117-111(127-109)68-64-103-115(117)99-48-21-23-50-101(99)121(103,91-40-13-4-14-41-91)92-42-15-5-16-43-92/h1-76H. The molecule has 0 bridgehead atoms. The van der Waals surface area contributed by atoms with Gasteiger partial charge in [-0.2, -0.15) is 0 Å². The van der Waals surface area contributed by atoms with Gasteiger partial charge < -0.3 is 18.9 Å². The van der Waals surface area contributed by atoms with E-state index in [1.807, 2.05) is 36.4 Å². The van der Waals surface area contributed by atoms with Crippen LogP contribution in [0.3, 0.4) is 0 Å². The fraction of sp³-hybridized carbons (Fsp3) is 0.0164. The second-order valence-electron chi connectivity index (χ2n) is 33.7. The van der Waals surface area contributed by atoms with E-state index in [9.17, 15) is 0 Å². The molecule has 0 N–H and O–H groups in total. The summed E-state index contributed by atoms with van der Waals surface area (Å²) in [4.78, 5) is 21.4. The fourth-order valence-electron chi connectivity index (χ4n) is 20.4. The van der Waals surface area contributed by atoms with E-state index in [2.05, 4.69) is 425 Å². The lowest BCUT2D eigenvalue weighted by atomic mass is 9.67. The zero-order valence-electron chi connectivity index (χ0n) is 70.3. The molecular weight excluding hydrogens is 1590 g/mol. The molecule has 608 valence electrons. The molecule has 4 heterocycles.